The predicted molar refractivity (Wildman–Crippen MR) is 216 cm³/mol. The molecule has 0 aromatic rings. The van der Waals surface area contributed by atoms with Gasteiger partial charge in [-0.05, 0) is 107 Å². The molecule has 334 valence electrons. The number of hydrogen-bond acceptors (Lipinski definition) is 13. The molecule has 4 N–H and O–H groups in total. The van der Waals surface area contributed by atoms with E-state index in [0.29, 0.717) is 56.3 Å². The standard InChI is InChI=1S/C46H72O13/c1-9-30-14-11-15-33(58-37-17-16-31(25(2)3)40(59-37)29-12-10-13-29)26(4)38(48)32-23-45(51)35(44(32,50)24-36(47)57-30)18-19-43(49)21-28(22-46(43,45)52)20-34-41(54-7)42(55-8)39(53-6)27(5)56-34/h18-19,23,25-31,33-35,37,39-42,49-52H,9-17,20-22,24H2,1-8H3/t26-,27+,28-,30+,31+,33+,34+,35?,37?,39+,40?,41+,42-,43+,44+,45+,46-/m1/s1. The van der Waals surface area contributed by atoms with Crippen LogP contribution < -0.4 is 0 Å². The minimum Gasteiger partial charge on any atom is -0.462 e. The smallest absolute Gasteiger partial charge is 0.309 e. The van der Waals surface area contributed by atoms with E-state index in [-0.39, 0.29) is 42.6 Å². The molecule has 0 aromatic heterocycles. The first-order valence-electron chi connectivity index (χ1n) is 22.6. The SMILES string of the molecule is CC[C@H]1CCC[C@H](OC2CC[C@@H](C(C)C)C(C3CCC3)O2)[C@@H](C)C(=O)C2=C[C@]3(O)C(C=C[C@]4(O)C[C@@H](C[C@@H]5O[C@@H](C)[C@H](OC)[C@@H](OC)[C@H]5OC)C[C@@]43O)[C@]2(O)CC(=O)O1. The van der Waals surface area contributed by atoms with E-state index in [1.54, 1.807) is 28.3 Å². The molecule has 2 saturated carbocycles. The van der Waals surface area contributed by atoms with Crippen molar-refractivity contribution in [2.75, 3.05) is 21.3 Å². The highest BCUT2D eigenvalue weighted by Crippen LogP contribution is 2.62. The second-order valence-electron chi connectivity index (χ2n) is 19.6. The number of hydrogen-bond donors (Lipinski definition) is 4. The average molecular weight is 833 g/mol. The van der Waals surface area contributed by atoms with Gasteiger partial charge in [0.05, 0.1) is 30.8 Å². The van der Waals surface area contributed by atoms with Gasteiger partial charge in [0.15, 0.2) is 12.1 Å². The number of cyclic esters (lactones) is 1. The lowest BCUT2D eigenvalue weighted by Gasteiger charge is -2.52. The molecule has 0 spiro atoms. The fourth-order valence-electron chi connectivity index (χ4n) is 12.3. The van der Waals surface area contributed by atoms with Gasteiger partial charge in [-0.15, -0.1) is 0 Å². The van der Waals surface area contributed by atoms with Crippen molar-refractivity contribution in [3.8, 4) is 0 Å². The van der Waals surface area contributed by atoms with Gasteiger partial charge in [0.25, 0.3) is 0 Å². The molecule has 59 heavy (non-hydrogen) atoms. The number of carbonyl (C=O) groups is 2. The summed E-state index contributed by atoms with van der Waals surface area (Å²) in [4.78, 5) is 28.7. The lowest BCUT2D eigenvalue weighted by Crippen LogP contribution is -2.69. The second kappa shape index (κ2) is 17.4. The molecule has 3 aliphatic heterocycles. The molecule has 0 bridgehead atoms. The van der Waals surface area contributed by atoms with Gasteiger partial charge in [-0.25, -0.2) is 0 Å². The highest BCUT2D eigenvalue weighted by atomic mass is 16.7. The maximum atomic E-state index is 15.0. The summed E-state index contributed by atoms with van der Waals surface area (Å²) < 4.78 is 43.3. The monoisotopic (exact) mass is 832 g/mol. The van der Waals surface area contributed by atoms with Crippen molar-refractivity contribution in [1.29, 1.82) is 0 Å². The first-order valence-corrected chi connectivity index (χ1v) is 22.6. The molecule has 3 heterocycles. The van der Waals surface area contributed by atoms with Crippen LogP contribution in [0.15, 0.2) is 23.8 Å². The second-order valence-corrected chi connectivity index (χ2v) is 19.6. The highest BCUT2D eigenvalue weighted by Gasteiger charge is 2.75. The molecule has 7 rings (SSSR count). The van der Waals surface area contributed by atoms with E-state index in [4.69, 9.17) is 33.2 Å². The Hall–Kier alpha value is -1.78. The van der Waals surface area contributed by atoms with E-state index in [0.717, 1.165) is 19.3 Å². The summed E-state index contributed by atoms with van der Waals surface area (Å²) in [6, 6.07) is 0. The topological polar surface area (TPSA) is 180 Å². The summed E-state index contributed by atoms with van der Waals surface area (Å²) in [5.41, 5.74) is -8.96. The summed E-state index contributed by atoms with van der Waals surface area (Å²) in [7, 11) is 4.76. The lowest BCUT2D eigenvalue weighted by atomic mass is 9.61. The van der Waals surface area contributed by atoms with Gasteiger partial charge in [-0.3, -0.25) is 9.59 Å². The Morgan fingerprint density at radius 3 is 2.19 bits per heavy atom. The van der Waals surface area contributed by atoms with Crippen molar-refractivity contribution in [2.24, 2.45) is 35.5 Å². The van der Waals surface area contributed by atoms with E-state index in [1.807, 2.05) is 13.8 Å². The molecule has 7 aliphatic rings. The minimum absolute atomic E-state index is 0.0635. The molecule has 13 nitrogen and oxygen atoms in total. The van der Waals surface area contributed by atoms with Gasteiger partial charge < -0.3 is 53.6 Å². The van der Waals surface area contributed by atoms with Crippen LogP contribution in [0.25, 0.3) is 0 Å². The third-order valence-corrected chi connectivity index (χ3v) is 15.9. The van der Waals surface area contributed by atoms with E-state index >= 15 is 0 Å². The van der Waals surface area contributed by atoms with E-state index < -0.39 is 89.2 Å². The normalized spacial score (nSPS) is 48.3. The Morgan fingerprint density at radius 2 is 1.56 bits per heavy atom. The largest absolute Gasteiger partial charge is 0.462 e. The Balaban J connectivity index is 1.19. The quantitative estimate of drug-likeness (QED) is 0.176. The molecule has 3 saturated heterocycles. The van der Waals surface area contributed by atoms with Crippen LogP contribution in [0, 0.1) is 35.5 Å². The summed E-state index contributed by atoms with van der Waals surface area (Å²) in [6.07, 6.45) is 7.69. The lowest BCUT2D eigenvalue weighted by molar-refractivity contribution is -0.254. The minimum atomic E-state index is -2.34. The number of rotatable bonds is 10. The predicted octanol–water partition coefficient (Wildman–Crippen LogP) is 4.73. The summed E-state index contributed by atoms with van der Waals surface area (Å²) in [5, 5.41) is 50.8. The third-order valence-electron chi connectivity index (χ3n) is 15.9. The molecule has 0 aromatic carbocycles. The average Bonchev–Trinajstić information content (AvgIpc) is 3.57. The van der Waals surface area contributed by atoms with Gasteiger partial charge in [0, 0.05) is 38.7 Å². The van der Waals surface area contributed by atoms with Crippen molar-refractivity contribution in [3.05, 3.63) is 23.8 Å². The molecule has 3 unspecified atom stereocenters. The molecular formula is C46H72O13. The molecule has 5 fully saturated rings. The Morgan fingerprint density at radius 1 is 0.864 bits per heavy atom. The van der Waals surface area contributed by atoms with Gasteiger partial charge >= 0.3 is 5.97 Å². The van der Waals surface area contributed by atoms with E-state index in [9.17, 15) is 30.0 Å². The summed E-state index contributed by atoms with van der Waals surface area (Å²) >= 11 is 0. The highest BCUT2D eigenvalue weighted by molar-refractivity contribution is 6.01. The Labute approximate surface area is 350 Å². The van der Waals surface area contributed by atoms with Crippen molar-refractivity contribution >= 4 is 11.8 Å². The number of methoxy groups -OCH3 is 3. The molecule has 13 heteroatoms. The zero-order valence-corrected chi connectivity index (χ0v) is 36.5. The van der Waals surface area contributed by atoms with Crippen LogP contribution in [-0.2, 0) is 42.7 Å². The van der Waals surface area contributed by atoms with Gasteiger partial charge in [0.1, 0.15) is 46.8 Å². The van der Waals surface area contributed by atoms with Crippen LogP contribution in [-0.4, -0.2) is 131 Å². The van der Waals surface area contributed by atoms with E-state index in [2.05, 4.69) is 13.8 Å². The zero-order valence-electron chi connectivity index (χ0n) is 36.5. The van der Waals surface area contributed by atoms with Crippen molar-refractivity contribution in [2.45, 2.75) is 196 Å². The number of Topliss-reactive ketones (excluding diaryl/α,β-unsaturated/α-hetero) is 1. The maximum Gasteiger partial charge on any atom is 0.309 e. The molecule has 17 atom stereocenters. The van der Waals surface area contributed by atoms with Gasteiger partial charge in [-0.2, -0.15) is 0 Å². The van der Waals surface area contributed by atoms with Crippen molar-refractivity contribution < 1.29 is 63.2 Å². The van der Waals surface area contributed by atoms with Gasteiger partial charge in [-0.1, -0.05) is 46.3 Å². The van der Waals surface area contributed by atoms with Crippen LogP contribution in [0.5, 0.6) is 0 Å². The number of fused-ring (bicyclic) bond motifs is 5. The van der Waals surface area contributed by atoms with Crippen LogP contribution in [0.3, 0.4) is 0 Å². The zero-order chi connectivity index (χ0) is 42.7. The summed E-state index contributed by atoms with van der Waals surface area (Å²) in [6.45, 7) is 10.1. The van der Waals surface area contributed by atoms with Crippen LogP contribution in [0.2, 0.25) is 0 Å². The van der Waals surface area contributed by atoms with Crippen LogP contribution in [0.4, 0.5) is 0 Å². The van der Waals surface area contributed by atoms with Crippen molar-refractivity contribution in [3.63, 3.8) is 0 Å². The maximum absolute atomic E-state index is 15.0. The van der Waals surface area contributed by atoms with Crippen molar-refractivity contribution in [1.82, 2.24) is 0 Å². The molecule has 0 radical (unpaired) electrons. The molecule has 4 aliphatic carbocycles. The fraction of sp³-hybridized carbons (Fsp3) is 0.870. The number of esters is 1. The van der Waals surface area contributed by atoms with Gasteiger partial charge in [0.2, 0.25) is 0 Å². The Kier molecular flexibility index (Phi) is 13.4. The fourth-order valence-corrected chi connectivity index (χ4v) is 12.3. The van der Waals surface area contributed by atoms with Crippen LogP contribution >= 0.6 is 0 Å². The number of ketones is 1. The van der Waals surface area contributed by atoms with E-state index in [1.165, 1.54) is 24.6 Å². The number of ether oxygens (including phenoxy) is 7. The third kappa shape index (κ3) is 7.84. The first-order chi connectivity index (χ1) is 28.0. The Bertz CT molecular complexity index is 1580. The van der Waals surface area contributed by atoms with Crippen LogP contribution in [0.1, 0.15) is 118 Å². The molecular weight excluding hydrogens is 760 g/mol. The molecule has 0 amide bonds. The number of carbonyl (C=O) groups excluding carboxylic acids is 2. The number of aliphatic hydroxyl groups is 4. The first kappa shape index (κ1) is 45.3. The summed E-state index contributed by atoms with van der Waals surface area (Å²) in [5.74, 6) is -2.31.